The quantitative estimate of drug-likeness (QED) is 0.598. The highest BCUT2D eigenvalue weighted by atomic mass is 32.1. The monoisotopic (exact) mass is 152 g/mol. The van der Waals surface area contributed by atoms with Crippen LogP contribution in [0.25, 0.3) is 6.08 Å². The Morgan fingerprint density at radius 3 is 3.20 bits per heavy atom. The summed E-state index contributed by atoms with van der Waals surface area (Å²) in [4.78, 5) is 4.09. The normalized spacial score (nSPS) is 10.5. The largest absolute Gasteiger partial charge is 0.258 e. The predicted octanol–water partition coefficient (Wildman–Crippen LogP) is 2.51. The summed E-state index contributed by atoms with van der Waals surface area (Å²) in [6.07, 6.45) is 3.45. The molecule has 0 aliphatic heterocycles. The number of hydrogen-bond acceptors (Lipinski definition) is 3. The van der Waals surface area contributed by atoms with Crippen LogP contribution in [0.4, 0.5) is 5.69 Å². The Morgan fingerprint density at radius 2 is 2.60 bits per heavy atom. The molecule has 0 saturated heterocycles. The zero-order valence-electron chi connectivity index (χ0n) is 5.74. The number of rotatable bonds is 2. The van der Waals surface area contributed by atoms with Crippen LogP contribution in [-0.2, 0) is 0 Å². The molecule has 2 nitrogen and oxygen atoms in total. The Hall–Kier alpha value is -0.960. The van der Waals surface area contributed by atoms with Crippen LogP contribution in [0, 0.1) is 0 Å². The summed E-state index contributed by atoms with van der Waals surface area (Å²) in [6, 6.07) is 0. The molecule has 0 unspecified atom stereocenters. The minimum absolute atomic E-state index is 0.864. The summed E-state index contributed by atoms with van der Waals surface area (Å²) in [6.45, 7) is 5.50. The van der Waals surface area contributed by atoms with Crippen LogP contribution in [0.15, 0.2) is 17.0 Å². The van der Waals surface area contributed by atoms with E-state index in [0.29, 0.717) is 0 Å². The maximum atomic E-state index is 4.09. The van der Waals surface area contributed by atoms with Crippen molar-refractivity contribution in [2.75, 3.05) is 0 Å². The predicted molar refractivity (Wildman–Crippen MR) is 46.0 cm³/mol. The third-order valence-electron chi connectivity index (χ3n) is 1.04. The van der Waals surface area contributed by atoms with Gasteiger partial charge < -0.3 is 0 Å². The maximum absolute atomic E-state index is 4.09. The lowest BCUT2D eigenvalue weighted by molar-refractivity contribution is 1.46. The molecule has 0 radical (unpaired) electrons. The Kier molecular flexibility index (Phi) is 2.34. The van der Waals surface area contributed by atoms with Crippen LogP contribution in [0.3, 0.4) is 0 Å². The summed E-state index contributed by atoms with van der Waals surface area (Å²) in [7, 11) is 0. The molecule has 0 aromatic carbocycles. The van der Waals surface area contributed by atoms with Crippen molar-refractivity contribution in [3.63, 3.8) is 0 Å². The van der Waals surface area contributed by atoms with Gasteiger partial charge in [0.05, 0.1) is 0 Å². The van der Waals surface area contributed by atoms with Gasteiger partial charge in [-0.2, -0.15) is 4.37 Å². The van der Waals surface area contributed by atoms with Gasteiger partial charge in [0.2, 0.25) is 0 Å². The van der Waals surface area contributed by atoms with Crippen molar-refractivity contribution < 1.29 is 0 Å². The maximum Gasteiger partial charge on any atom is 0.102 e. The van der Waals surface area contributed by atoms with E-state index >= 15 is 0 Å². The minimum atomic E-state index is 0.864. The van der Waals surface area contributed by atoms with Gasteiger partial charge in [-0.15, -0.1) is 0 Å². The van der Waals surface area contributed by atoms with Gasteiger partial charge in [0.1, 0.15) is 11.4 Å². The molecule has 1 rings (SSSR count). The highest BCUT2D eigenvalue weighted by molar-refractivity contribution is 7.04. The summed E-state index contributed by atoms with van der Waals surface area (Å²) in [5.74, 6) is 0. The summed E-state index contributed by atoms with van der Waals surface area (Å²) in [5, 5.41) is 1.90. The van der Waals surface area contributed by atoms with Crippen LogP contribution >= 0.6 is 11.5 Å². The summed E-state index contributed by atoms with van der Waals surface area (Å²) >= 11 is 1.40. The van der Waals surface area contributed by atoms with E-state index in [1.165, 1.54) is 11.5 Å². The third-order valence-corrected chi connectivity index (χ3v) is 1.67. The molecule has 0 N–H and O–H groups in total. The van der Waals surface area contributed by atoms with E-state index in [1.807, 2.05) is 12.3 Å². The second-order valence-corrected chi connectivity index (χ2v) is 2.31. The molecular weight excluding hydrogens is 144 g/mol. The first kappa shape index (κ1) is 7.15. The molecule has 0 aliphatic rings. The van der Waals surface area contributed by atoms with Gasteiger partial charge in [-0.3, -0.25) is 4.99 Å². The smallest absolute Gasteiger partial charge is 0.102 e. The molecule has 0 amide bonds. The van der Waals surface area contributed by atoms with Gasteiger partial charge in [0.25, 0.3) is 0 Å². The molecule has 3 heteroatoms. The third kappa shape index (κ3) is 1.30. The minimum Gasteiger partial charge on any atom is -0.258 e. The molecule has 1 aromatic heterocycles. The van der Waals surface area contributed by atoms with Crippen LogP contribution in [-0.4, -0.2) is 10.6 Å². The number of aliphatic imine (C=N–C) groups is 1. The average Bonchev–Trinajstić information content (AvgIpc) is 2.36. The fourth-order valence-electron chi connectivity index (χ4n) is 0.618. The summed E-state index contributed by atoms with van der Waals surface area (Å²) in [5.41, 5.74) is 1.77. The van der Waals surface area contributed by atoms with Crippen LogP contribution in [0.2, 0.25) is 0 Å². The number of hydrogen-bond donors (Lipinski definition) is 0. The molecule has 0 bridgehead atoms. The van der Waals surface area contributed by atoms with Crippen LogP contribution in [0.1, 0.15) is 12.6 Å². The van der Waals surface area contributed by atoms with Crippen molar-refractivity contribution in [1.29, 1.82) is 0 Å². The number of aromatic nitrogens is 1. The molecule has 0 aliphatic carbocycles. The second-order valence-electron chi connectivity index (χ2n) is 1.68. The van der Waals surface area contributed by atoms with Crippen LogP contribution < -0.4 is 0 Å². The average molecular weight is 152 g/mol. The fourth-order valence-corrected chi connectivity index (χ4v) is 1.23. The van der Waals surface area contributed by atoms with Gasteiger partial charge in [0, 0.05) is 11.6 Å². The Labute approximate surface area is 64.1 Å². The number of nitrogens with zero attached hydrogens (tertiary/aromatic N) is 2. The molecule has 0 atom stereocenters. The Bertz CT molecular complexity index is 250. The van der Waals surface area contributed by atoms with E-state index in [2.05, 4.69) is 15.9 Å². The van der Waals surface area contributed by atoms with Gasteiger partial charge in [0.15, 0.2) is 0 Å². The van der Waals surface area contributed by atoms with Crippen molar-refractivity contribution in [2.45, 2.75) is 6.92 Å². The topological polar surface area (TPSA) is 25.2 Å². The van der Waals surface area contributed by atoms with Gasteiger partial charge in [-0.05, 0) is 24.5 Å². The van der Waals surface area contributed by atoms with E-state index in [4.69, 9.17) is 0 Å². The molecule has 1 heterocycles. The Balaban J connectivity index is 3.00. The van der Waals surface area contributed by atoms with E-state index < -0.39 is 0 Å². The van der Waals surface area contributed by atoms with Crippen LogP contribution in [0.5, 0.6) is 0 Å². The highest BCUT2D eigenvalue weighted by Gasteiger charge is 1.96. The molecule has 0 fully saturated rings. The molecule has 0 saturated carbocycles. The lowest BCUT2D eigenvalue weighted by Gasteiger charge is -1.84. The fraction of sp³-hybridized carbons (Fsp3) is 0.143. The standard InChI is InChI=1S/C7H8N2S/c1-3-6-7(8-4-2)5-10-9-6/h3-5H,1H2,2H3. The zero-order chi connectivity index (χ0) is 7.40. The molecule has 0 spiro atoms. The zero-order valence-corrected chi connectivity index (χ0v) is 6.56. The molecule has 1 aromatic rings. The lowest BCUT2D eigenvalue weighted by atomic mass is 10.4. The van der Waals surface area contributed by atoms with Crippen molar-refractivity contribution in [3.8, 4) is 0 Å². The SMILES string of the molecule is C=Cc1nscc1N=CC. The van der Waals surface area contributed by atoms with Crippen molar-refractivity contribution >= 4 is 29.5 Å². The molecular formula is C7H8N2S. The van der Waals surface area contributed by atoms with Crippen molar-refractivity contribution in [1.82, 2.24) is 4.37 Å². The van der Waals surface area contributed by atoms with Crippen molar-refractivity contribution in [2.24, 2.45) is 4.99 Å². The Morgan fingerprint density at radius 1 is 1.80 bits per heavy atom. The second kappa shape index (κ2) is 3.27. The van der Waals surface area contributed by atoms with Gasteiger partial charge in [-0.1, -0.05) is 6.58 Å². The first-order valence-electron chi connectivity index (χ1n) is 2.94. The summed E-state index contributed by atoms with van der Waals surface area (Å²) < 4.78 is 4.06. The molecule has 10 heavy (non-hydrogen) atoms. The lowest BCUT2D eigenvalue weighted by Crippen LogP contribution is -1.67. The van der Waals surface area contributed by atoms with E-state index in [9.17, 15) is 0 Å². The first-order valence-corrected chi connectivity index (χ1v) is 3.77. The van der Waals surface area contributed by atoms with Gasteiger partial charge >= 0.3 is 0 Å². The van der Waals surface area contributed by atoms with E-state index in [-0.39, 0.29) is 0 Å². The van der Waals surface area contributed by atoms with Crippen molar-refractivity contribution in [3.05, 3.63) is 17.7 Å². The molecule has 52 valence electrons. The van der Waals surface area contributed by atoms with Gasteiger partial charge in [-0.25, -0.2) is 0 Å². The first-order chi connectivity index (χ1) is 4.88. The van der Waals surface area contributed by atoms with E-state index in [1.54, 1.807) is 12.3 Å². The van der Waals surface area contributed by atoms with E-state index in [0.717, 1.165) is 11.4 Å². The highest BCUT2D eigenvalue weighted by Crippen LogP contribution is 2.20.